The molecule has 0 aliphatic carbocycles. The summed E-state index contributed by atoms with van der Waals surface area (Å²) >= 11 is 0. The maximum absolute atomic E-state index is 5.25. The lowest BCUT2D eigenvalue weighted by Crippen LogP contribution is -2.15. The van der Waals surface area contributed by atoms with Gasteiger partial charge in [-0.15, -0.1) is 0 Å². The SMILES string of the molecule is CCOC1=CCC2=NN=CC2=N1. The molecule has 4 nitrogen and oxygen atoms in total. The highest BCUT2D eigenvalue weighted by molar-refractivity contribution is 6.64. The van der Waals surface area contributed by atoms with Gasteiger partial charge in [0.1, 0.15) is 5.71 Å². The quantitative estimate of drug-likeness (QED) is 0.602. The van der Waals surface area contributed by atoms with Crippen LogP contribution in [0.4, 0.5) is 0 Å². The van der Waals surface area contributed by atoms with Crippen molar-refractivity contribution < 1.29 is 4.74 Å². The van der Waals surface area contributed by atoms with Gasteiger partial charge in [0.15, 0.2) is 0 Å². The number of aliphatic imine (C=N–C) groups is 1. The Morgan fingerprint density at radius 1 is 1.58 bits per heavy atom. The van der Waals surface area contributed by atoms with Gasteiger partial charge < -0.3 is 4.74 Å². The van der Waals surface area contributed by atoms with Gasteiger partial charge in [-0.1, -0.05) is 0 Å². The minimum atomic E-state index is 0.645. The highest BCUT2D eigenvalue weighted by Crippen LogP contribution is 2.12. The number of nitrogens with zero attached hydrogens (tertiary/aromatic N) is 3. The third-order valence-electron chi connectivity index (χ3n) is 1.65. The van der Waals surface area contributed by atoms with Crippen molar-refractivity contribution in [1.29, 1.82) is 0 Å². The zero-order valence-electron chi connectivity index (χ0n) is 6.82. The molecule has 0 N–H and O–H groups in total. The second-order valence-electron chi connectivity index (χ2n) is 2.47. The largest absolute Gasteiger partial charge is 0.478 e. The summed E-state index contributed by atoms with van der Waals surface area (Å²) in [6.07, 6.45) is 4.34. The van der Waals surface area contributed by atoms with Crippen molar-refractivity contribution in [3.8, 4) is 0 Å². The maximum atomic E-state index is 5.25. The molecule has 0 spiro atoms. The van der Waals surface area contributed by atoms with Crippen molar-refractivity contribution in [1.82, 2.24) is 0 Å². The summed E-state index contributed by atoms with van der Waals surface area (Å²) in [4.78, 5) is 4.21. The summed E-state index contributed by atoms with van der Waals surface area (Å²) in [6.45, 7) is 2.58. The van der Waals surface area contributed by atoms with E-state index in [2.05, 4.69) is 15.2 Å². The standard InChI is InChI=1S/C8H9N3O/c1-2-12-8-4-3-6-7(10-8)5-9-11-6/h4-5H,2-3H2,1H3. The van der Waals surface area contributed by atoms with Crippen LogP contribution in [0, 0.1) is 0 Å². The molecule has 2 rings (SSSR count). The van der Waals surface area contributed by atoms with Crippen LogP contribution in [0.5, 0.6) is 0 Å². The second kappa shape index (κ2) is 2.89. The molecule has 4 heteroatoms. The lowest BCUT2D eigenvalue weighted by Gasteiger charge is -2.08. The highest BCUT2D eigenvalue weighted by Gasteiger charge is 2.16. The van der Waals surface area contributed by atoms with Crippen LogP contribution in [0.1, 0.15) is 13.3 Å². The first-order valence-electron chi connectivity index (χ1n) is 3.92. The van der Waals surface area contributed by atoms with E-state index in [1.807, 2.05) is 13.0 Å². The molecule has 0 radical (unpaired) electrons. The molecule has 2 aliphatic heterocycles. The zero-order valence-corrected chi connectivity index (χ0v) is 6.82. The molecule has 0 aromatic rings. The van der Waals surface area contributed by atoms with Gasteiger partial charge >= 0.3 is 0 Å². The Bertz CT molecular complexity index is 312. The summed E-state index contributed by atoms with van der Waals surface area (Å²) in [5.41, 5.74) is 1.76. The Balaban J connectivity index is 2.18. The molecule has 62 valence electrons. The Morgan fingerprint density at radius 2 is 2.50 bits per heavy atom. The van der Waals surface area contributed by atoms with Gasteiger partial charge in [0.2, 0.25) is 5.88 Å². The van der Waals surface area contributed by atoms with Crippen LogP contribution in [-0.2, 0) is 4.74 Å². The van der Waals surface area contributed by atoms with Crippen molar-refractivity contribution in [2.24, 2.45) is 15.2 Å². The van der Waals surface area contributed by atoms with Crippen LogP contribution in [0.25, 0.3) is 0 Å². The molecule has 0 saturated heterocycles. The number of ether oxygens (including phenoxy) is 1. The normalized spacial score (nSPS) is 19.6. The fraction of sp³-hybridized carbons (Fsp3) is 0.375. The molecule has 0 aromatic heterocycles. The summed E-state index contributed by atoms with van der Waals surface area (Å²) in [7, 11) is 0. The van der Waals surface area contributed by atoms with Crippen LogP contribution in [-0.4, -0.2) is 24.2 Å². The average Bonchev–Trinajstić information content (AvgIpc) is 2.51. The fourth-order valence-electron chi connectivity index (χ4n) is 1.11. The number of hydrogen-bond acceptors (Lipinski definition) is 4. The van der Waals surface area contributed by atoms with E-state index in [1.165, 1.54) is 0 Å². The molecule has 0 amide bonds. The molecular weight excluding hydrogens is 154 g/mol. The smallest absolute Gasteiger partial charge is 0.210 e. The molecule has 0 aromatic carbocycles. The van der Waals surface area contributed by atoms with Crippen LogP contribution < -0.4 is 0 Å². The zero-order chi connectivity index (χ0) is 8.39. The van der Waals surface area contributed by atoms with Crippen molar-refractivity contribution in [3.63, 3.8) is 0 Å². The minimum Gasteiger partial charge on any atom is -0.478 e. The number of rotatable bonds is 2. The lowest BCUT2D eigenvalue weighted by molar-refractivity contribution is 0.226. The number of hydrogen-bond donors (Lipinski definition) is 0. The van der Waals surface area contributed by atoms with Crippen LogP contribution in [0.2, 0.25) is 0 Å². The lowest BCUT2D eigenvalue weighted by atomic mass is 10.1. The summed E-state index contributed by atoms with van der Waals surface area (Å²) < 4.78 is 5.25. The molecule has 0 saturated carbocycles. The maximum Gasteiger partial charge on any atom is 0.210 e. The van der Waals surface area contributed by atoms with Gasteiger partial charge in [0.25, 0.3) is 0 Å². The van der Waals surface area contributed by atoms with Crippen LogP contribution in [0.15, 0.2) is 27.2 Å². The van der Waals surface area contributed by atoms with E-state index >= 15 is 0 Å². The highest BCUT2D eigenvalue weighted by atomic mass is 16.5. The first-order chi connectivity index (χ1) is 5.90. The van der Waals surface area contributed by atoms with Gasteiger partial charge in [0, 0.05) is 6.42 Å². The average molecular weight is 163 g/mol. The Hall–Kier alpha value is -1.45. The molecule has 2 aliphatic rings. The van der Waals surface area contributed by atoms with E-state index in [9.17, 15) is 0 Å². The van der Waals surface area contributed by atoms with E-state index in [0.717, 1.165) is 17.8 Å². The third-order valence-corrected chi connectivity index (χ3v) is 1.65. The minimum absolute atomic E-state index is 0.645. The van der Waals surface area contributed by atoms with Gasteiger partial charge in [0.05, 0.1) is 18.5 Å². The van der Waals surface area contributed by atoms with E-state index in [0.29, 0.717) is 12.5 Å². The van der Waals surface area contributed by atoms with Gasteiger partial charge in [-0.05, 0) is 13.0 Å². The van der Waals surface area contributed by atoms with Crippen molar-refractivity contribution >= 4 is 17.6 Å². The van der Waals surface area contributed by atoms with Gasteiger partial charge in [-0.25, -0.2) is 4.99 Å². The molecule has 0 bridgehead atoms. The molecule has 0 fully saturated rings. The first kappa shape index (κ1) is 7.21. The topological polar surface area (TPSA) is 46.3 Å². The van der Waals surface area contributed by atoms with Crippen molar-refractivity contribution in [3.05, 3.63) is 12.0 Å². The molecule has 0 atom stereocenters. The van der Waals surface area contributed by atoms with E-state index in [4.69, 9.17) is 4.74 Å². The number of allylic oxidation sites excluding steroid dienone is 1. The van der Waals surface area contributed by atoms with Crippen molar-refractivity contribution in [2.45, 2.75) is 13.3 Å². The first-order valence-corrected chi connectivity index (χ1v) is 3.92. The second-order valence-corrected chi connectivity index (χ2v) is 2.47. The predicted octanol–water partition coefficient (Wildman–Crippen LogP) is 1.15. The number of fused-ring (bicyclic) bond motifs is 1. The summed E-state index contributed by atoms with van der Waals surface area (Å²) in [5.74, 6) is 0.680. The summed E-state index contributed by atoms with van der Waals surface area (Å²) in [5, 5.41) is 7.67. The fourth-order valence-corrected chi connectivity index (χ4v) is 1.11. The van der Waals surface area contributed by atoms with E-state index < -0.39 is 0 Å². The van der Waals surface area contributed by atoms with Crippen LogP contribution in [0.3, 0.4) is 0 Å². The molecular formula is C8H9N3O. The third kappa shape index (κ3) is 1.15. The van der Waals surface area contributed by atoms with Gasteiger partial charge in [-0.2, -0.15) is 10.2 Å². The monoisotopic (exact) mass is 163 g/mol. The van der Waals surface area contributed by atoms with E-state index in [-0.39, 0.29) is 0 Å². The van der Waals surface area contributed by atoms with Gasteiger partial charge in [-0.3, -0.25) is 0 Å². The molecule has 12 heavy (non-hydrogen) atoms. The Labute approximate surface area is 70.4 Å². The molecule has 0 unspecified atom stereocenters. The predicted molar refractivity (Wildman–Crippen MR) is 47.7 cm³/mol. The van der Waals surface area contributed by atoms with Crippen molar-refractivity contribution in [2.75, 3.05) is 6.61 Å². The summed E-state index contributed by atoms with van der Waals surface area (Å²) in [6, 6.07) is 0. The Kier molecular flexibility index (Phi) is 1.74. The molecule has 2 heterocycles. The van der Waals surface area contributed by atoms with Crippen LogP contribution >= 0.6 is 0 Å². The Morgan fingerprint density at radius 3 is 3.33 bits per heavy atom. The van der Waals surface area contributed by atoms with E-state index in [1.54, 1.807) is 6.21 Å².